The minimum atomic E-state index is -4.02. The van der Waals surface area contributed by atoms with Crippen molar-refractivity contribution in [1.29, 1.82) is 0 Å². The molecule has 8 heteroatoms. The summed E-state index contributed by atoms with van der Waals surface area (Å²) in [6, 6.07) is 19.6. The summed E-state index contributed by atoms with van der Waals surface area (Å²) in [5, 5.41) is 2.62. The van der Waals surface area contributed by atoms with E-state index in [1.165, 1.54) is 25.3 Å². The first-order valence-electron chi connectivity index (χ1n) is 9.85. The van der Waals surface area contributed by atoms with Crippen molar-refractivity contribution in [3.8, 4) is 0 Å². The third kappa shape index (κ3) is 5.15. The van der Waals surface area contributed by atoms with Crippen molar-refractivity contribution >= 4 is 33.3 Å². The number of hydrogen-bond donors (Lipinski definition) is 1. The van der Waals surface area contributed by atoms with E-state index in [4.69, 9.17) is 4.74 Å². The summed E-state index contributed by atoms with van der Waals surface area (Å²) < 4.78 is 32.6. The number of amides is 1. The first-order chi connectivity index (χ1) is 15.2. The third-order valence-electron chi connectivity index (χ3n) is 4.82. The van der Waals surface area contributed by atoms with E-state index in [9.17, 15) is 18.0 Å². The standard InChI is InChI=1S/C24H24N2O5S/c1-17-8-12-19(13-9-17)26(32(29,30)20-14-10-18(2)11-15-20)16-23(27)25-22-7-5-4-6-21(22)24(28)31-3/h4-15H,16H2,1-3H3,(H,25,27). The van der Waals surface area contributed by atoms with E-state index in [0.29, 0.717) is 5.69 Å². The van der Waals surface area contributed by atoms with Crippen molar-refractivity contribution in [3.63, 3.8) is 0 Å². The van der Waals surface area contributed by atoms with Gasteiger partial charge in [0.15, 0.2) is 0 Å². The fraction of sp³-hybridized carbons (Fsp3) is 0.167. The smallest absolute Gasteiger partial charge is 0.339 e. The lowest BCUT2D eigenvalue weighted by atomic mass is 10.2. The molecule has 0 radical (unpaired) electrons. The predicted octanol–water partition coefficient (Wildman–Crippen LogP) is 3.92. The van der Waals surface area contributed by atoms with Crippen LogP contribution in [0.4, 0.5) is 11.4 Å². The number of hydrogen-bond acceptors (Lipinski definition) is 5. The third-order valence-corrected chi connectivity index (χ3v) is 6.61. The fourth-order valence-corrected chi connectivity index (χ4v) is 4.48. The maximum Gasteiger partial charge on any atom is 0.339 e. The maximum absolute atomic E-state index is 13.4. The molecule has 3 aromatic carbocycles. The summed E-state index contributed by atoms with van der Waals surface area (Å²) in [6.07, 6.45) is 0. The Labute approximate surface area is 187 Å². The largest absolute Gasteiger partial charge is 0.465 e. The van der Waals surface area contributed by atoms with Crippen molar-refractivity contribution in [2.24, 2.45) is 0 Å². The van der Waals surface area contributed by atoms with Gasteiger partial charge in [0.2, 0.25) is 5.91 Å². The number of nitrogens with one attached hydrogen (secondary N) is 1. The van der Waals surface area contributed by atoms with Crippen LogP contribution in [0.5, 0.6) is 0 Å². The monoisotopic (exact) mass is 452 g/mol. The number of rotatable bonds is 7. The van der Waals surface area contributed by atoms with Crippen LogP contribution in [0, 0.1) is 13.8 Å². The fourth-order valence-electron chi connectivity index (χ4n) is 3.06. The van der Waals surface area contributed by atoms with E-state index >= 15 is 0 Å². The van der Waals surface area contributed by atoms with E-state index in [1.54, 1.807) is 54.6 Å². The molecular formula is C24H24N2O5S. The van der Waals surface area contributed by atoms with Crippen LogP contribution in [0.3, 0.4) is 0 Å². The van der Waals surface area contributed by atoms with E-state index in [-0.39, 0.29) is 16.1 Å². The number of para-hydroxylation sites is 1. The minimum absolute atomic E-state index is 0.0754. The molecule has 0 atom stereocenters. The van der Waals surface area contributed by atoms with Crippen LogP contribution in [0.1, 0.15) is 21.5 Å². The molecule has 3 aromatic rings. The summed E-state index contributed by atoms with van der Waals surface area (Å²) in [7, 11) is -2.78. The van der Waals surface area contributed by atoms with Gasteiger partial charge in [0.25, 0.3) is 10.0 Å². The van der Waals surface area contributed by atoms with E-state index in [2.05, 4.69) is 5.32 Å². The molecule has 32 heavy (non-hydrogen) atoms. The minimum Gasteiger partial charge on any atom is -0.465 e. The van der Waals surface area contributed by atoms with E-state index in [0.717, 1.165) is 15.4 Å². The molecule has 1 amide bonds. The summed E-state index contributed by atoms with van der Waals surface area (Å²) in [5.74, 6) is -1.21. The Morgan fingerprint density at radius 2 is 1.44 bits per heavy atom. The summed E-state index contributed by atoms with van der Waals surface area (Å²) in [6.45, 7) is 3.27. The van der Waals surface area contributed by atoms with Gasteiger partial charge in [-0.3, -0.25) is 9.10 Å². The van der Waals surface area contributed by atoms with Crippen molar-refractivity contribution in [2.45, 2.75) is 18.7 Å². The molecule has 1 N–H and O–H groups in total. The molecule has 0 aliphatic rings. The topological polar surface area (TPSA) is 92.8 Å². The van der Waals surface area contributed by atoms with E-state index in [1.807, 2.05) is 13.8 Å². The van der Waals surface area contributed by atoms with Crippen LogP contribution in [0.2, 0.25) is 0 Å². The molecule has 166 valence electrons. The number of ether oxygens (including phenoxy) is 1. The average Bonchev–Trinajstić information content (AvgIpc) is 2.78. The molecule has 0 aliphatic carbocycles. The zero-order valence-corrected chi connectivity index (χ0v) is 18.8. The lowest BCUT2D eigenvalue weighted by Gasteiger charge is -2.24. The normalized spacial score (nSPS) is 11.0. The Kier molecular flexibility index (Phi) is 6.95. The van der Waals surface area contributed by atoms with Crippen LogP contribution < -0.4 is 9.62 Å². The Morgan fingerprint density at radius 1 is 0.875 bits per heavy atom. The summed E-state index contributed by atoms with van der Waals surface area (Å²) in [5.41, 5.74) is 2.64. The molecule has 0 aliphatic heterocycles. The molecule has 0 aromatic heterocycles. The molecule has 0 spiro atoms. The van der Waals surface area contributed by atoms with Gasteiger partial charge in [-0.15, -0.1) is 0 Å². The predicted molar refractivity (Wildman–Crippen MR) is 123 cm³/mol. The Bertz CT molecular complexity index is 1220. The first kappa shape index (κ1) is 23.0. The number of sulfonamides is 1. The number of benzene rings is 3. The van der Waals surface area contributed by atoms with Crippen LogP contribution >= 0.6 is 0 Å². The molecule has 0 unspecified atom stereocenters. The van der Waals surface area contributed by atoms with Crippen LogP contribution in [0.15, 0.2) is 77.7 Å². The van der Waals surface area contributed by atoms with E-state index < -0.39 is 28.4 Å². The van der Waals surface area contributed by atoms with Crippen molar-refractivity contribution < 1.29 is 22.7 Å². The number of carbonyl (C=O) groups is 2. The highest BCUT2D eigenvalue weighted by atomic mass is 32.2. The molecule has 0 heterocycles. The SMILES string of the molecule is COC(=O)c1ccccc1NC(=O)CN(c1ccc(C)cc1)S(=O)(=O)c1ccc(C)cc1. The zero-order valence-electron chi connectivity index (χ0n) is 18.0. The first-order valence-corrected chi connectivity index (χ1v) is 11.3. The number of carbonyl (C=O) groups excluding carboxylic acids is 2. The van der Waals surface area contributed by atoms with Gasteiger partial charge in [-0.2, -0.15) is 0 Å². The van der Waals surface area contributed by atoms with Gasteiger partial charge in [-0.05, 0) is 50.2 Å². The van der Waals surface area contributed by atoms with Gasteiger partial charge < -0.3 is 10.1 Å². The van der Waals surface area contributed by atoms with Crippen LogP contribution in [-0.4, -0.2) is 33.9 Å². The van der Waals surface area contributed by atoms with Crippen molar-refractivity contribution in [1.82, 2.24) is 0 Å². The number of nitrogens with zero attached hydrogens (tertiary/aromatic N) is 1. The van der Waals surface area contributed by atoms with Crippen molar-refractivity contribution in [3.05, 3.63) is 89.5 Å². The van der Waals surface area contributed by atoms with Crippen LogP contribution in [-0.2, 0) is 19.6 Å². The van der Waals surface area contributed by atoms with Gasteiger partial charge in [-0.25, -0.2) is 13.2 Å². The van der Waals surface area contributed by atoms with Crippen molar-refractivity contribution in [2.75, 3.05) is 23.3 Å². The molecule has 0 saturated heterocycles. The lowest BCUT2D eigenvalue weighted by molar-refractivity contribution is -0.114. The van der Waals surface area contributed by atoms with Gasteiger partial charge in [0.1, 0.15) is 6.54 Å². The van der Waals surface area contributed by atoms with Gasteiger partial charge in [0, 0.05) is 0 Å². The Hall–Kier alpha value is -3.65. The molecular weight excluding hydrogens is 428 g/mol. The Balaban J connectivity index is 1.95. The number of methoxy groups -OCH3 is 1. The number of esters is 1. The maximum atomic E-state index is 13.4. The molecule has 0 bridgehead atoms. The van der Waals surface area contributed by atoms with Gasteiger partial charge >= 0.3 is 5.97 Å². The second-order valence-electron chi connectivity index (χ2n) is 7.25. The molecule has 7 nitrogen and oxygen atoms in total. The lowest BCUT2D eigenvalue weighted by Crippen LogP contribution is -2.38. The second-order valence-corrected chi connectivity index (χ2v) is 9.11. The summed E-state index contributed by atoms with van der Waals surface area (Å²) in [4.78, 5) is 24.9. The summed E-state index contributed by atoms with van der Waals surface area (Å²) >= 11 is 0. The highest BCUT2D eigenvalue weighted by Gasteiger charge is 2.27. The molecule has 0 fully saturated rings. The number of anilines is 2. The highest BCUT2D eigenvalue weighted by Crippen LogP contribution is 2.25. The van der Waals surface area contributed by atoms with Gasteiger partial charge in [0.05, 0.1) is 28.9 Å². The molecule has 3 rings (SSSR count). The Morgan fingerprint density at radius 3 is 2.03 bits per heavy atom. The quantitative estimate of drug-likeness (QED) is 0.549. The van der Waals surface area contributed by atoms with Gasteiger partial charge in [-0.1, -0.05) is 47.5 Å². The average molecular weight is 453 g/mol. The molecule has 0 saturated carbocycles. The zero-order chi connectivity index (χ0) is 23.3. The van der Waals surface area contributed by atoms with Crippen LogP contribution in [0.25, 0.3) is 0 Å². The second kappa shape index (κ2) is 9.65. The highest BCUT2D eigenvalue weighted by molar-refractivity contribution is 7.92. The number of aryl methyl sites for hydroxylation is 2.